The van der Waals surface area contributed by atoms with Crippen molar-refractivity contribution in [3.05, 3.63) is 0 Å². The van der Waals surface area contributed by atoms with Crippen LogP contribution in [0.2, 0.25) is 0 Å². The van der Waals surface area contributed by atoms with Gasteiger partial charge in [-0.25, -0.2) is 9.59 Å². The quantitative estimate of drug-likeness (QED) is 0.0843. The Hall–Kier alpha value is -3.09. The number of unbranched alkanes of at least 4 members (excludes halogenated alkanes) is 1. The summed E-state index contributed by atoms with van der Waals surface area (Å²) >= 11 is 0. The largest absolute Gasteiger partial charge is 0.480 e. The van der Waals surface area contributed by atoms with Gasteiger partial charge in [0.05, 0.1) is 0 Å². The van der Waals surface area contributed by atoms with Crippen LogP contribution in [0.4, 0.5) is 4.79 Å². The number of nitrogens with one attached hydrogen (secondary N) is 3. The summed E-state index contributed by atoms with van der Waals surface area (Å²) in [6.07, 6.45) is 1.38. The lowest BCUT2D eigenvalue weighted by Crippen LogP contribution is -2.56. The zero-order chi connectivity index (χ0) is 27.9. The van der Waals surface area contributed by atoms with Crippen molar-refractivity contribution in [1.29, 1.82) is 0 Å². The Morgan fingerprint density at radius 1 is 0.889 bits per heavy atom. The number of nitrogens with two attached hydrogens (primary N) is 3. The first-order valence-electron chi connectivity index (χ1n) is 12.2. The van der Waals surface area contributed by atoms with Gasteiger partial charge in [0, 0.05) is 6.54 Å². The van der Waals surface area contributed by atoms with E-state index in [1.165, 1.54) is 0 Å². The number of ether oxygens (including phenoxy) is 1. The molecule has 0 aliphatic rings. The molecular weight excluding hydrogens is 470 g/mol. The number of aliphatic carboxylic acids is 1. The fourth-order valence-electron chi connectivity index (χ4n) is 3.22. The van der Waals surface area contributed by atoms with E-state index >= 15 is 0 Å². The number of nitrogens with zero attached hydrogens (tertiary/aromatic N) is 1. The molecule has 0 aliphatic carbocycles. The molecule has 0 saturated heterocycles. The third-order valence-electron chi connectivity index (χ3n) is 4.85. The molecule has 0 fully saturated rings. The fraction of sp³-hybridized carbons (Fsp3) is 0.783. The van der Waals surface area contributed by atoms with Crippen molar-refractivity contribution in [1.82, 2.24) is 16.0 Å². The maximum Gasteiger partial charge on any atom is 0.408 e. The summed E-state index contributed by atoms with van der Waals surface area (Å²) in [4.78, 5) is 53.8. The predicted molar refractivity (Wildman–Crippen MR) is 137 cm³/mol. The molecule has 0 spiro atoms. The Balaban J connectivity index is 5.46. The SMILES string of the molecule is CC(C)C[C@H](NC(=O)OC(C)(C)C)C(=O)N[C@@H](CCCCN)C(=O)N[C@@H](CCCN=C(N)N)C(=O)O. The molecule has 0 heterocycles. The highest BCUT2D eigenvalue weighted by molar-refractivity contribution is 5.92. The first-order valence-corrected chi connectivity index (χ1v) is 12.2. The molecule has 13 nitrogen and oxygen atoms in total. The molecule has 3 amide bonds. The van der Waals surface area contributed by atoms with E-state index in [1.807, 2.05) is 13.8 Å². The number of carbonyl (C=O) groups is 4. The average molecular weight is 516 g/mol. The molecule has 0 saturated carbocycles. The monoisotopic (exact) mass is 515 g/mol. The number of rotatable bonds is 16. The van der Waals surface area contributed by atoms with E-state index < -0.39 is 47.6 Å². The van der Waals surface area contributed by atoms with Crippen molar-refractivity contribution in [2.45, 2.75) is 96.9 Å². The highest BCUT2D eigenvalue weighted by Gasteiger charge is 2.30. The van der Waals surface area contributed by atoms with Crippen LogP contribution in [0.3, 0.4) is 0 Å². The predicted octanol–water partition coefficient (Wildman–Crippen LogP) is 0.163. The molecule has 208 valence electrons. The third kappa shape index (κ3) is 15.7. The van der Waals surface area contributed by atoms with Gasteiger partial charge in [0.15, 0.2) is 5.96 Å². The lowest BCUT2D eigenvalue weighted by atomic mass is 10.0. The molecule has 0 rings (SSSR count). The Kier molecular flexibility index (Phi) is 15.1. The first kappa shape index (κ1) is 32.9. The van der Waals surface area contributed by atoms with Crippen LogP contribution in [0.15, 0.2) is 4.99 Å². The Labute approximate surface area is 213 Å². The number of alkyl carbamates (subject to hydrolysis) is 1. The van der Waals surface area contributed by atoms with Gasteiger partial charge in [0.1, 0.15) is 23.7 Å². The smallest absolute Gasteiger partial charge is 0.408 e. The second kappa shape index (κ2) is 16.6. The lowest BCUT2D eigenvalue weighted by Gasteiger charge is -2.26. The molecule has 0 aromatic carbocycles. The number of hydrogen-bond donors (Lipinski definition) is 7. The van der Waals surface area contributed by atoms with Gasteiger partial charge >= 0.3 is 12.1 Å². The van der Waals surface area contributed by atoms with E-state index in [0.717, 1.165) is 0 Å². The number of hydrogen-bond acceptors (Lipinski definition) is 7. The average Bonchev–Trinajstić information content (AvgIpc) is 2.72. The summed E-state index contributed by atoms with van der Waals surface area (Å²) in [5.41, 5.74) is 15.3. The van der Waals surface area contributed by atoms with Crippen LogP contribution in [0.25, 0.3) is 0 Å². The second-order valence-electron chi connectivity index (χ2n) is 10.0. The summed E-state index contributed by atoms with van der Waals surface area (Å²) in [6.45, 7) is 9.52. The van der Waals surface area contributed by atoms with Crippen LogP contribution in [0, 0.1) is 5.92 Å². The normalized spacial score (nSPS) is 13.8. The first-order chi connectivity index (χ1) is 16.7. The Morgan fingerprint density at radius 2 is 1.44 bits per heavy atom. The second-order valence-corrected chi connectivity index (χ2v) is 10.0. The number of aliphatic imine (C=N–C) groups is 1. The van der Waals surface area contributed by atoms with Crippen LogP contribution in [-0.4, -0.2) is 71.8 Å². The summed E-state index contributed by atoms with van der Waals surface area (Å²) in [6, 6.07) is -3.15. The van der Waals surface area contributed by atoms with Crippen LogP contribution in [0.5, 0.6) is 0 Å². The zero-order valence-electron chi connectivity index (χ0n) is 22.1. The lowest BCUT2D eigenvalue weighted by molar-refractivity contribution is -0.142. The van der Waals surface area contributed by atoms with Crippen LogP contribution in [0.1, 0.15) is 73.1 Å². The fourth-order valence-corrected chi connectivity index (χ4v) is 3.22. The molecule has 10 N–H and O–H groups in total. The zero-order valence-corrected chi connectivity index (χ0v) is 22.1. The van der Waals surface area contributed by atoms with Gasteiger partial charge in [-0.05, 0) is 71.8 Å². The van der Waals surface area contributed by atoms with Crippen molar-refractivity contribution in [2.24, 2.45) is 28.1 Å². The van der Waals surface area contributed by atoms with Crippen LogP contribution >= 0.6 is 0 Å². The third-order valence-corrected chi connectivity index (χ3v) is 4.85. The van der Waals surface area contributed by atoms with E-state index in [2.05, 4.69) is 20.9 Å². The maximum absolute atomic E-state index is 13.1. The molecule has 3 atom stereocenters. The number of guanidine groups is 1. The van der Waals surface area contributed by atoms with E-state index in [1.54, 1.807) is 20.8 Å². The molecule has 0 unspecified atom stereocenters. The van der Waals surface area contributed by atoms with Crippen molar-refractivity contribution in [3.63, 3.8) is 0 Å². The molecule has 0 aromatic heterocycles. The number of carboxylic acid groups (broad SMARTS) is 1. The highest BCUT2D eigenvalue weighted by atomic mass is 16.6. The van der Waals surface area contributed by atoms with Crippen molar-refractivity contribution in [2.75, 3.05) is 13.1 Å². The molecule has 36 heavy (non-hydrogen) atoms. The van der Waals surface area contributed by atoms with Gasteiger partial charge in [-0.3, -0.25) is 14.6 Å². The van der Waals surface area contributed by atoms with Gasteiger partial charge in [-0.15, -0.1) is 0 Å². The van der Waals surface area contributed by atoms with Gasteiger partial charge in [-0.2, -0.15) is 0 Å². The summed E-state index contributed by atoms with van der Waals surface area (Å²) in [7, 11) is 0. The van der Waals surface area contributed by atoms with Gasteiger partial charge in [0.25, 0.3) is 0 Å². The van der Waals surface area contributed by atoms with Crippen LogP contribution in [-0.2, 0) is 19.1 Å². The maximum atomic E-state index is 13.1. The molecule has 0 bridgehead atoms. The van der Waals surface area contributed by atoms with E-state index in [9.17, 15) is 24.3 Å². The van der Waals surface area contributed by atoms with E-state index in [4.69, 9.17) is 21.9 Å². The standard InChI is InChI=1S/C23H45N7O6/c1-14(2)13-17(30-22(35)36-23(3,4)5)19(32)28-15(9-6-7-11-24)18(31)29-16(20(33)34)10-8-12-27-21(25)26/h14-17H,6-13,24H2,1-5H3,(H,28,32)(H,29,31)(H,30,35)(H,33,34)(H4,25,26,27)/t15-,16-,17-/m0/s1. The minimum absolute atomic E-state index is 0.0572. The summed E-state index contributed by atoms with van der Waals surface area (Å²) in [5, 5.41) is 17.2. The number of carboxylic acids is 1. The highest BCUT2D eigenvalue weighted by Crippen LogP contribution is 2.11. The van der Waals surface area contributed by atoms with Crippen molar-refractivity contribution < 1.29 is 29.0 Å². The van der Waals surface area contributed by atoms with Crippen molar-refractivity contribution >= 4 is 29.8 Å². The Bertz CT molecular complexity index is 748. The van der Waals surface area contributed by atoms with Crippen molar-refractivity contribution in [3.8, 4) is 0 Å². The van der Waals surface area contributed by atoms with Gasteiger partial charge < -0.3 is 43.0 Å². The van der Waals surface area contributed by atoms with E-state index in [0.29, 0.717) is 32.2 Å². The molecule has 13 heteroatoms. The molecule has 0 radical (unpaired) electrons. The summed E-state index contributed by atoms with van der Waals surface area (Å²) in [5.74, 6) is -2.48. The minimum Gasteiger partial charge on any atom is -0.480 e. The minimum atomic E-state index is -1.22. The Morgan fingerprint density at radius 3 is 1.94 bits per heavy atom. The van der Waals surface area contributed by atoms with Gasteiger partial charge in [0.2, 0.25) is 11.8 Å². The van der Waals surface area contributed by atoms with Gasteiger partial charge in [-0.1, -0.05) is 13.8 Å². The number of carbonyl (C=O) groups excluding carboxylic acids is 3. The number of amides is 3. The molecule has 0 aromatic rings. The molecule has 0 aliphatic heterocycles. The van der Waals surface area contributed by atoms with E-state index in [-0.39, 0.29) is 31.3 Å². The molecular formula is C23H45N7O6. The van der Waals surface area contributed by atoms with Crippen LogP contribution < -0.4 is 33.2 Å². The topological polar surface area (TPSA) is 224 Å². The summed E-state index contributed by atoms with van der Waals surface area (Å²) < 4.78 is 5.26.